The van der Waals surface area contributed by atoms with Gasteiger partial charge >= 0.3 is 0 Å². The van der Waals surface area contributed by atoms with Crippen molar-refractivity contribution >= 4 is 11.6 Å². The fourth-order valence-electron chi connectivity index (χ4n) is 2.18. The summed E-state index contributed by atoms with van der Waals surface area (Å²) in [7, 11) is 0. The van der Waals surface area contributed by atoms with Crippen LogP contribution in [0.2, 0.25) is 0 Å². The highest BCUT2D eigenvalue weighted by Crippen LogP contribution is 2.48. The summed E-state index contributed by atoms with van der Waals surface area (Å²) in [5, 5.41) is 0.777. The minimum absolute atomic E-state index is 0.0338. The first-order valence-electron chi connectivity index (χ1n) is 4.56. The highest BCUT2D eigenvalue weighted by molar-refractivity contribution is 6.30. The largest absolute Gasteiger partial charge is 0.327 e. The maximum Gasteiger partial charge on any atom is 0.125 e. The van der Waals surface area contributed by atoms with Crippen LogP contribution >= 0.6 is 11.6 Å². The van der Waals surface area contributed by atoms with E-state index in [0.717, 1.165) is 5.03 Å². The van der Waals surface area contributed by atoms with E-state index >= 15 is 0 Å². The van der Waals surface area contributed by atoms with Gasteiger partial charge in [-0.25, -0.2) is 4.39 Å². The molecule has 2 rings (SSSR count). The lowest BCUT2D eigenvalue weighted by molar-refractivity contribution is 0.183. The van der Waals surface area contributed by atoms with E-state index in [0.29, 0.717) is 0 Å². The standard InChI is InChI=1S/C10H13ClFN/c1-5(13)6-2-3-9(12)7-4-8(11)10(6)7/h2-7,9-10H,13H2,1H3/t5-,6-,7?,9?,10+/m0/s1. The van der Waals surface area contributed by atoms with Crippen LogP contribution in [-0.2, 0) is 0 Å². The molecule has 0 aromatic heterocycles. The van der Waals surface area contributed by atoms with Crippen LogP contribution < -0.4 is 5.73 Å². The highest BCUT2D eigenvalue weighted by Gasteiger charge is 2.44. The van der Waals surface area contributed by atoms with Crippen molar-refractivity contribution in [3.63, 3.8) is 0 Å². The fraction of sp³-hybridized carbons (Fsp3) is 0.600. The average Bonchev–Trinajstić information content (AvgIpc) is 2.05. The van der Waals surface area contributed by atoms with Gasteiger partial charge in [0.1, 0.15) is 6.17 Å². The first kappa shape index (κ1) is 9.22. The number of fused-ring (bicyclic) bond motifs is 1. The van der Waals surface area contributed by atoms with Gasteiger partial charge in [0.2, 0.25) is 0 Å². The van der Waals surface area contributed by atoms with Crippen molar-refractivity contribution in [2.45, 2.75) is 19.1 Å². The quantitative estimate of drug-likeness (QED) is 0.647. The molecular weight excluding hydrogens is 189 g/mol. The Labute approximate surface area is 82.4 Å². The van der Waals surface area contributed by atoms with Crippen molar-refractivity contribution in [1.29, 1.82) is 0 Å². The predicted octanol–water partition coefficient (Wildman–Crippen LogP) is 2.23. The number of rotatable bonds is 1. The third-order valence-electron chi connectivity index (χ3n) is 2.99. The molecule has 2 N–H and O–H groups in total. The molecule has 0 amide bonds. The van der Waals surface area contributed by atoms with Gasteiger partial charge in [-0.1, -0.05) is 29.8 Å². The SMILES string of the molecule is C[C@H](N)[C@@H]1C=CC(F)C2C=C(Cl)[C@@H]21. The normalized spacial score (nSPS) is 44.8. The highest BCUT2D eigenvalue weighted by atomic mass is 35.5. The van der Waals surface area contributed by atoms with E-state index in [4.69, 9.17) is 17.3 Å². The summed E-state index contributed by atoms with van der Waals surface area (Å²) in [6.07, 6.45) is 4.40. The molecule has 2 aliphatic carbocycles. The molecule has 0 radical (unpaired) electrons. The first-order chi connectivity index (χ1) is 6.11. The van der Waals surface area contributed by atoms with Gasteiger partial charge in [0.25, 0.3) is 0 Å². The lowest BCUT2D eigenvalue weighted by Crippen LogP contribution is -2.44. The first-order valence-corrected chi connectivity index (χ1v) is 4.94. The van der Waals surface area contributed by atoms with Crippen LogP contribution in [0, 0.1) is 17.8 Å². The van der Waals surface area contributed by atoms with Crippen molar-refractivity contribution in [1.82, 2.24) is 0 Å². The molecule has 0 aromatic rings. The Kier molecular flexibility index (Phi) is 2.20. The molecule has 13 heavy (non-hydrogen) atoms. The van der Waals surface area contributed by atoms with Crippen molar-refractivity contribution in [2.75, 3.05) is 0 Å². The van der Waals surface area contributed by atoms with Crippen LogP contribution in [0.4, 0.5) is 4.39 Å². The van der Waals surface area contributed by atoms with E-state index in [1.54, 1.807) is 12.2 Å². The molecule has 3 heteroatoms. The Morgan fingerprint density at radius 2 is 2.23 bits per heavy atom. The minimum Gasteiger partial charge on any atom is -0.327 e. The molecule has 0 bridgehead atoms. The number of alkyl halides is 1. The van der Waals surface area contributed by atoms with Gasteiger partial charge in [0, 0.05) is 28.8 Å². The van der Waals surface area contributed by atoms with Gasteiger partial charge < -0.3 is 5.73 Å². The Hall–Kier alpha value is -0.340. The molecule has 0 fully saturated rings. The Morgan fingerprint density at radius 3 is 2.77 bits per heavy atom. The van der Waals surface area contributed by atoms with Crippen molar-refractivity contribution in [3.8, 4) is 0 Å². The number of nitrogens with two attached hydrogens (primary N) is 1. The van der Waals surface area contributed by atoms with Crippen molar-refractivity contribution in [2.24, 2.45) is 23.5 Å². The monoisotopic (exact) mass is 201 g/mol. The summed E-state index contributed by atoms with van der Waals surface area (Å²) < 4.78 is 13.3. The zero-order valence-electron chi connectivity index (χ0n) is 7.45. The van der Waals surface area contributed by atoms with E-state index in [9.17, 15) is 4.39 Å². The number of hydrogen-bond donors (Lipinski definition) is 1. The second kappa shape index (κ2) is 3.10. The number of allylic oxidation sites excluding steroid dienone is 3. The van der Waals surface area contributed by atoms with Gasteiger partial charge in [-0.2, -0.15) is 0 Å². The van der Waals surface area contributed by atoms with Crippen LogP contribution in [-0.4, -0.2) is 12.2 Å². The molecule has 2 unspecified atom stereocenters. The van der Waals surface area contributed by atoms with E-state index < -0.39 is 6.17 Å². The molecule has 72 valence electrons. The summed E-state index contributed by atoms with van der Waals surface area (Å²) in [6.45, 7) is 1.94. The molecule has 1 nitrogen and oxygen atoms in total. The van der Waals surface area contributed by atoms with Gasteiger partial charge in [-0.05, 0) is 6.92 Å². The lowest BCUT2D eigenvalue weighted by Gasteiger charge is -2.43. The van der Waals surface area contributed by atoms with Crippen LogP contribution in [0.1, 0.15) is 6.92 Å². The maximum absolute atomic E-state index is 13.3. The molecule has 0 aromatic carbocycles. The van der Waals surface area contributed by atoms with Crippen LogP contribution in [0.25, 0.3) is 0 Å². The topological polar surface area (TPSA) is 26.0 Å². The predicted molar refractivity (Wildman–Crippen MR) is 52.1 cm³/mol. The third kappa shape index (κ3) is 1.32. The molecule has 0 aliphatic heterocycles. The molecule has 0 saturated heterocycles. The molecule has 0 heterocycles. The van der Waals surface area contributed by atoms with E-state index in [-0.39, 0.29) is 23.8 Å². The van der Waals surface area contributed by atoms with Gasteiger partial charge in [-0.15, -0.1) is 0 Å². The van der Waals surface area contributed by atoms with Crippen molar-refractivity contribution < 1.29 is 4.39 Å². The summed E-state index contributed by atoms with van der Waals surface area (Å²) in [5.41, 5.74) is 5.80. The second-order valence-corrected chi connectivity index (χ2v) is 4.36. The fourth-order valence-corrected chi connectivity index (χ4v) is 2.62. The summed E-state index contributed by atoms with van der Waals surface area (Å²) in [5.74, 6) is 0.296. The number of halogens is 2. The summed E-state index contributed by atoms with van der Waals surface area (Å²) >= 11 is 5.93. The molecule has 0 saturated carbocycles. The second-order valence-electron chi connectivity index (χ2n) is 3.92. The van der Waals surface area contributed by atoms with E-state index in [1.807, 2.05) is 13.0 Å². The third-order valence-corrected chi connectivity index (χ3v) is 3.37. The van der Waals surface area contributed by atoms with Crippen molar-refractivity contribution in [3.05, 3.63) is 23.3 Å². The summed E-state index contributed by atoms with van der Waals surface area (Å²) in [4.78, 5) is 0. The summed E-state index contributed by atoms with van der Waals surface area (Å²) in [6, 6.07) is 0.0405. The minimum atomic E-state index is -0.873. The Balaban J connectivity index is 2.23. The molecule has 0 spiro atoms. The van der Waals surface area contributed by atoms with Gasteiger partial charge in [-0.3, -0.25) is 0 Å². The average molecular weight is 202 g/mol. The maximum atomic E-state index is 13.3. The Bertz CT molecular complexity index is 272. The van der Waals surface area contributed by atoms with Gasteiger partial charge in [0.15, 0.2) is 0 Å². The van der Waals surface area contributed by atoms with Crippen LogP contribution in [0.3, 0.4) is 0 Å². The smallest absolute Gasteiger partial charge is 0.125 e. The Morgan fingerprint density at radius 1 is 1.54 bits per heavy atom. The lowest BCUT2D eigenvalue weighted by atomic mass is 9.66. The molecule has 5 atom stereocenters. The molecular formula is C10H13ClFN. The van der Waals surface area contributed by atoms with Crippen LogP contribution in [0.5, 0.6) is 0 Å². The van der Waals surface area contributed by atoms with E-state index in [2.05, 4.69) is 0 Å². The van der Waals surface area contributed by atoms with Gasteiger partial charge in [0.05, 0.1) is 0 Å². The van der Waals surface area contributed by atoms with Crippen LogP contribution in [0.15, 0.2) is 23.3 Å². The molecule has 2 aliphatic rings. The zero-order valence-corrected chi connectivity index (χ0v) is 8.21. The number of hydrogen-bond acceptors (Lipinski definition) is 1. The zero-order chi connectivity index (χ0) is 9.59. The van der Waals surface area contributed by atoms with E-state index in [1.165, 1.54) is 0 Å².